The van der Waals surface area contributed by atoms with Gasteiger partial charge >= 0.3 is 0 Å². The highest BCUT2D eigenvalue weighted by atomic mass is 79.9. The first-order chi connectivity index (χ1) is 7.76. The quantitative estimate of drug-likeness (QED) is 0.828. The van der Waals surface area contributed by atoms with Crippen LogP contribution in [0.4, 0.5) is 0 Å². The second kappa shape index (κ2) is 7.82. The second-order valence-electron chi connectivity index (χ2n) is 4.01. The fourth-order valence-electron chi connectivity index (χ4n) is 1.70. The van der Waals surface area contributed by atoms with Crippen molar-refractivity contribution in [2.24, 2.45) is 0 Å². The Morgan fingerprint density at radius 2 is 1.88 bits per heavy atom. The average molecular weight is 285 g/mol. The van der Waals surface area contributed by atoms with E-state index in [0.29, 0.717) is 0 Å². The summed E-state index contributed by atoms with van der Waals surface area (Å²) >= 11 is 3.46. The molecule has 0 unspecified atom stereocenters. The van der Waals surface area contributed by atoms with E-state index >= 15 is 0 Å². The summed E-state index contributed by atoms with van der Waals surface area (Å²) in [5, 5.41) is 3.20. The maximum Gasteiger partial charge on any atom is 0.0234 e. The Morgan fingerprint density at radius 3 is 2.44 bits per heavy atom. The van der Waals surface area contributed by atoms with Gasteiger partial charge in [-0.1, -0.05) is 35.0 Å². The van der Waals surface area contributed by atoms with E-state index in [1.54, 1.807) is 0 Å². The molecule has 0 saturated carbocycles. The summed E-state index contributed by atoms with van der Waals surface area (Å²) in [4.78, 5) is 2.49. The van der Waals surface area contributed by atoms with Crippen molar-refractivity contribution in [1.29, 1.82) is 0 Å². The SMILES string of the molecule is CCCN(CCNC)Cc1ccc(Br)cc1. The molecule has 0 fully saturated rings. The van der Waals surface area contributed by atoms with Gasteiger partial charge in [-0.3, -0.25) is 4.90 Å². The van der Waals surface area contributed by atoms with Crippen molar-refractivity contribution >= 4 is 15.9 Å². The molecule has 0 amide bonds. The van der Waals surface area contributed by atoms with E-state index in [2.05, 4.69) is 57.3 Å². The standard InChI is InChI=1S/C13H21BrN2/c1-3-9-16(10-8-15-2)11-12-4-6-13(14)7-5-12/h4-7,15H,3,8-11H2,1-2H3. The zero-order valence-electron chi connectivity index (χ0n) is 10.2. The molecule has 1 aromatic carbocycles. The van der Waals surface area contributed by atoms with E-state index in [4.69, 9.17) is 0 Å². The molecule has 0 spiro atoms. The van der Waals surface area contributed by atoms with Gasteiger partial charge in [-0.05, 0) is 37.7 Å². The summed E-state index contributed by atoms with van der Waals surface area (Å²) < 4.78 is 1.15. The fraction of sp³-hybridized carbons (Fsp3) is 0.538. The van der Waals surface area contributed by atoms with Gasteiger partial charge in [0, 0.05) is 24.1 Å². The highest BCUT2D eigenvalue weighted by Gasteiger charge is 2.03. The predicted molar refractivity (Wildman–Crippen MR) is 73.6 cm³/mol. The fourth-order valence-corrected chi connectivity index (χ4v) is 1.97. The monoisotopic (exact) mass is 284 g/mol. The van der Waals surface area contributed by atoms with Crippen LogP contribution < -0.4 is 5.32 Å². The Morgan fingerprint density at radius 1 is 1.19 bits per heavy atom. The lowest BCUT2D eigenvalue weighted by Crippen LogP contribution is -2.31. The molecule has 16 heavy (non-hydrogen) atoms. The summed E-state index contributed by atoms with van der Waals surface area (Å²) in [6.07, 6.45) is 1.21. The molecule has 90 valence electrons. The highest BCUT2D eigenvalue weighted by Crippen LogP contribution is 2.12. The molecule has 0 heterocycles. The Hall–Kier alpha value is -0.380. The number of halogens is 1. The van der Waals surface area contributed by atoms with Gasteiger partial charge in [0.25, 0.3) is 0 Å². The lowest BCUT2D eigenvalue weighted by Gasteiger charge is -2.21. The molecule has 0 aromatic heterocycles. The summed E-state index contributed by atoms with van der Waals surface area (Å²) in [5.74, 6) is 0. The van der Waals surface area contributed by atoms with Crippen molar-refractivity contribution < 1.29 is 0 Å². The third-order valence-corrected chi connectivity index (χ3v) is 3.07. The molecule has 0 aliphatic carbocycles. The molecule has 1 rings (SSSR count). The van der Waals surface area contributed by atoms with Crippen molar-refractivity contribution in [1.82, 2.24) is 10.2 Å². The van der Waals surface area contributed by atoms with Crippen LogP contribution in [0.3, 0.4) is 0 Å². The normalized spacial score (nSPS) is 11.0. The van der Waals surface area contributed by atoms with Crippen LogP contribution in [0.15, 0.2) is 28.7 Å². The van der Waals surface area contributed by atoms with Crippen LogP contribution in [0, 0.1) is 0 Å². The summed E-state index contributed by atoms with van der Waals surface area (Å²) in [6.45, 7) is 6.60. The van der Waals surface area contributed by atoms with Crippen LogP contribution in [-0.4, -0.2) is 31.6 Å². The maximum atomic E-state index is 3.46. The van der Waals surface area contributed by atoms with Crippen molar-refractivity contribution in [2.75, 3.05) is 26.7 Å². The molecule has 0 atom stereocenters. The Kier molecular flexibility index (Phi) is 6.69. The number of likely N-dealkylation sites (N-methyl/N-ethyl adjacent to an activating group) is 1. The van der Waals surface area contributed by atoms with E-state index in [1.807, 2.05) is 7.05 Å². The molecule has 0 radical (unpaired) electrons. The minimum atomic E-state index is 1.04. The number of nitrogens with zero attached hydrogens (tertiary/aromatic N) is 1. The lowest BCUT2D eigenvalue weighted by atomic mass is 10.2. The predicted octanol–water partition coefficient (Wildman–Crippen LogP) is 2.88. The van der Waals surface area contributed by atoms with Gasteiger partial charge in [-0.25, -0.2) is 0 Å². The van der Waals surface area contributed by atoms with Gasteiger partial charge in [0.15, 0.2) is 0 Å². The van der Waals surface area contributed by atoms with Gasteiger partial charge in [0.1, 0.15) is 0 Å². The van der Waals surface area contributed by atoms with Gasteiger partial charge in [-0.15, -0.1) is 0 Å². The Balaban J connectivity index is 2.49. The largest absolute Gasteiger partial charge is 0.318 e. The summed E-state index contributed by atoms with van der Waals surface area (Å²) in [6, 6.07) is 8.59. The van der Waals surface area contributed by atoms with Crippen molar-refractivity contribution in [3.05, 3.63) is 34.3 Å². The van der Waals surface area contributed by atoms with E-state index in [-0.39, 0.29) is 0 Å². The molecule has 1 N–H and O–H groups in total. The van der Waals surface area contributed by atoms with Crippen molar-refractivity contribution in [2.45, 2.75) is 19.9 Å². The number of rotatable bonds is 7. The average Bonchev–Trinajstić information content (AvgIpc) is 2.29. The van der Waals surface area contributed by atoms with E-state index in [1.165, 1.54) is 12.0 Å². The lowest BCUT2D eigenvalue weighted by molar-refractivity contribution is 0.268. The number of nitrogens with one attached hydrogen (secondary N) is 1. The van der Waals surface area contributed by atoms with E-state index in [0.717, 1.165) is 30.7 Å². The van der Waals surface area contributed by atoms with Crippen LogP contribution >= 0.6 is 15.9 Å². The highest BCUT2D eigenvalue weighted by molar-refractivity contribution is 9.10. The molecule has 0 saturated heterocycles. The van der Waals surface area contributed by atoms with Crippen molar-refractivity contribution in [3.63, 3.8) is 0 Å². The van der Waals surface area contributed by atoms with Crippen LogP contribution in [0.1, 0.15) is 18.9 Å². The first kappa shape index (κ1) is 13.7. The number of hydrogen-bond acceptors (Lipinski definition) is 2. The number of hydrogen-bond donors (Lipinski definition) is 1. The molecule has 0 bridgehead atoms. The van der Waals surface area contributed by atoms with Crippen LogP contribution in [0.5, 0.6) is 0 Å². The molecule has 0 aliphatic rings. The van der Waals surface area contributed by atoms with Gasteiger partial charge < -0.3 is 5.32 Å². The summed E-state index contributed by atoms with van der Waals surface area (Å²) in [5.41, 5.74) is 1.38. The molecule has 3 heteroatoms. The summed E-state index contributed by atoms with van der Waals surface area (Å²) in [7, 11) is 2.00. The van der Waals surface area contributed by atoms with Gasteiger partial charge in [0.05, 0.1) is 0 Å². The minimum Gasteiger partial charge on any atom is -0.318 e. The Bertz CT molecular complexity index is 284. The zero-order chi connectivity index (χ0) is 11.8. The van der Waals surface area contributed by atoms with Crippen LogP contribution in [0.25, 0.3) is 0 Å². The van der Waals surface area contributed by atoms with Gasteiger partial charge in [0.2, 0.25) is 0 Å². The first-order valence-electron chi connectivity index (χ1n) is 5.87. The van der Waals surface area contributed by atoms with Crippen molar-refractivity contribution in [3.8, 4) is 0 Å². The molecular weight excluding hydrogens is 264 g/mol. The molecule has 2 nitrogen and oxygen atoms in total. The topological polar surface area (TPSA) is 15.3 Å². The third kappa shape index (κ3) is 5.10. The van der Waals surface area contributed by atoms with E-state index in [9.17, 15) is 0 Å². The minimum absolute atomic E-state index is 1.04. The first-order valence-corrected chi connectivity index (χ1v) is 6.67. The van der Waals surface area contributed by atoms with E-state index < -0.39 is 0 Å². The van der Waals surface area contributed by atoms with Crippen LogP contribution in [-0.2, 0) is 6.54 Å². The second-order valence-corrected chi connectivity index (χ2v) is 4.92. The van der Waals surface area contributed by atoms with Crippen LogP contribution in [0.2, 0.25) is 0 Å². The molecule has 1 aromatic rings. The third-order valence-electron chi connectivity index (χ3n) is 2.54. The smallest absolute Gasteiger partial charge is 0.0234 e. The molecular formula is C13H21BrN2. The zero-order valence-corrected chi connectivity index (χ0v) is 11.8. The molecule has 0 aliphatic heterocycles. The van der Waals surface area contributed by atoms with Gasteiger partial charge in [-0.2, -0.15) is 0 Å². The maximum absolute atomic E-state index is 3.46. The number of benzene rings is 1. The Labute approximate surface area is 107 Å².